The number of anilines is 1. The van der Waals surface area contributed by atoms with Crippen LogP contribution in [0.5, 0.6) is 11.5 Å². The van der Waals surface area contributed by atoms with E-state index in [0.29, 0.717) is 11.3 Å². The number of carbonyl (C=O) groups excluding carboxylic acids is 3. The molecule has 1 aliphatic heterocycles. The Balaban J connectivity index is 1.46. The maximum absolute atomic E-state index is 13.8. The normalized spacial score (nSPS) is 23.1. The average Bonchev–Trinajstić information content (AvgIpc) is 3.58. The van der Waals surface area contributed by atoms with E-state index in [4.69, 9.17) is 9.47 Å². The van der Waals surface area contributed by atoms with Crippen LogP contribution in [0.2, 0.25) is 0 Å². The molecule has 2 bridgehead atoms. The predicted octanol–water partition coefficient (Wildman–Crippen LogP) is 5.33. The Morgan fingerprint density at radius 2 is 1.21 bits per heavy atom. The molecule has 2 amide bonds. The molecule has 2 fully saturated rings. The van der Waals surface area contributed by atoms with Crippen LogP contribution in [0.15, 0.2) is 90.5 Å². The first kappa shape index (κ1) is 23.9. The number of rotatable bonds is 6. The van der Waals surface area contributed by atoms with E-state index in [1.807, 2.05) is 48.5 Å². The van der Waals surface area contributed by atoms with Gasteiger partial charge < -0.3 is 9.47 Å². The van der Waals surface area contributed by atoms with Crippen molar-refractivity contribution in [2.45, 2.75) is 6.92 Å². The van der Waals surface area contributed by atoms with E-state index in [-0.39, 0.29) is 29.4 Å². The summed E-state index contributed by atoms with van der Waals surface area (Å²) >= 11 is 0. The highest BCUT2D eigenvalue weighted by atomic mass is 16.5. The van der Waals surface area contributed by atoms with Crippen molar-refractivity contribution in [1.82, 2.24) is 0 Å². The van der Waals surface area contributed by atoms with Crippen molar-refractivity contribution >= 4 is 28.9 Å². The van der Waals surface area contributed by atoms with Gasteiger partial charge in [-0.15, -0.1) is 0 Å². The Morgan fingerprint density at radius 3 is 1.66 bits per heavy atom. The zero-order valence-electron chi connectivity index (χ0n) is 21.4. The van der Waals surface area contributed by atoms with Gasteiger partial charge in [-0.3, -0.25) is 14.4 Å². The molecular weight excluding hydrogens is 478 g/mol. The molecular formula is C32H27NO5. The van der Waals surface area contributed by atoms with E-state index >= 15 is 0 Å². The number of methoxy groups -OCH3 is 2. The molecule has 0 radical (unpaired) electrons. The van der Waals surface area contributed by atoms with E-state index < -0.39 is 11.8 Å². The summed E-state index contributed by atoms with van der Waals surface area (Å²) in [6.07, 6.45) is 4.16. The van der Waals surface area contributed by atoms with Crippen LogP contribution in [0.25, 0.3) is 5.57 Å². The fourth-order valence-corrected chi connectivity index (χ4v) is 6.23. The molecule has 0 unspecified atom stereocenters. The second-order valence-electron chi connectivity index (χ2n) is 9.89. The molecule has 38 heavy (non-hydrogen) atoms. The molecule has 3 aromatic carbocycles. The van der Waals surface area contributed by atoms with Gasteiger partial charge in [0.25, 0.3) is 0 Å². The molecule has 6 rings (SSSR count). The van der Waals surface area contributed by atoms with E-state index in [0.717, 1.165) is 33.8 Å². The zero-order chi connectivity index (χ0) is 26.6. The van der Waals surface area contributed by atoms with Gasteiger partial charge in [-0.1, -0.05) is 48.6 Å². The van der Waals surface area contributed by atoms with Crippen molar-refractivity contribution in [3.8, 4) is 11.5 Å². The van der Waals surface area contributed by atoms with Crippen LogP contribution in [0, 0.1) is 23.7 Å². The summed E-state index contributed by atoms with van der Waals surface area (Å²) in [6, 6.07) is 22.5. The summed E-state index contributed by atoms with van der Waals surface area (Å²) in [6.45, 7) is 1.47. The third-order valence-electron chi connectivity index (χ3n) is 7.97. The molecule has 0 N–H and O–H groups in total. The molecule has 6 heteroatoms. The number of hydrogen-bond donors (Lipinski definition) is 0. The fourth-order valence-electron chi connectivity index (χ4n) is 6.23. The van der Waals surface area contributed by atoms with E-state index in [1.165, 1.54) is 11.8 Å². The molecule has 190 valence electrons. The SMILES string of the molecule is COc1ccc(C(=C2[C@H]3C=C[C@H]2[C@H]2C(=O)N(c4cccc(C(C)=O)c4)C(=O)[C@@H]23)c2ccc(OC)cc2)cc1. The number of amides is 2. The number of ether oxygens (including phenoxy) is 2. The molecule has 0 spiro atoms. The lowest BCUT2D eigenvalue weighted by Gasteiger charge is -2.22. The number of benzene rings is 3. The van der Waals surface area contributed by atoms with Crippen molar-refractivity contribution in [3.63, 3.8) is 0 Å². The monoisotopic (exact) mass is 505 g/mol. The second kappa shape index (κ2) is 9.14. The molecule has 1 saturated carbocycles. The molecule has 4 atom stereocenters. The van der Waals surface area contributed by atoms with Crippen molar-refractivity contribution in [1.29, 1.82) is 0 Å². The van der Waals surface area contributed by atoms with Crippen LogP contribution >= 0.6 is 0 Å². The maximum Gasteiger partial charge on any atom is 0.238 e. The van der Waals surface area contributed by atoms with Crippen molar-refractivity contribution in [2.24, 2.45) is 23.7 Å². The lowest BCUT2D eigenvalue weighted by atomic mass is 9.85. The Morgan fingerprint density at radius 1 is 0.711 bits per heavy atom. The number of imide groups is 1. The number of allylic oxidation sites excluding steroid dienone is 3. The predicted molar refractivity (Wildman–Crippen MR) is 144 cm³/mol. The van der Waals surface area contributed by atoms with Gasteiger partial charge in [0, 0.05) is 17.4 Å². The molecule has 0 aromatic heterocycles. The highest BCUT2D eigenvalue weighted by Gasteiger charge is 2.62. The molecule has 2 aliphatic carbocycles. The van der Waals surface area contributed by atoms with Crippen molar-refractivity contribution in [3.05, 3.63) is 107 Å². The summed E-state index contributed by atoms with van der Waals surface area (Å²) in [5.41, 5.74) is 5.04. The van der Waals surface area contributed by atoms with Crippen LogP contribution in [0.1, 0.15) is 28.4 Å². The average molecular weight is 506 g/mol. The summed E-state index contributed by atoms with van der Waals surface area (Å²) in [7, 11) is 3.27. The minimum Gasteiger partial charge on any atom is -0.497 e. The highest BCUT2D eigenvalue weighted by Crippen LogP contribution is 2.59. The van der Waals surface area contributed by atoms with Gasteiger partial charge in [-0.2, -0.15) is 0 Å². The summed E-state index contributed by atoms with van der Waals surface area (Å²) in [5, 5.41) is 0. The van der Waals surface area contributed by atoms with Gasteiger partial charge in [0.05, 0.1) is 31.7 Å². The Kier molecular flexibility index (Phi) is 5.75. The van der Waals surface area contributed by atoms with E-state index in [1.54, 1.807) is 38.5 Å². The lowest BCUT2D eigenvalue weighted by Crippen LogP contribution is -2.33. The largest absolute Gasteiger partial charge is 0.497 e. The molecule has 1 saturated heterocycles. The van der Waals surface area contributed by atoms with Crippen molar-refractivity contribution < 1.29 is 23.9 Å². The van der Waals surface area contributed by atoms with Crippen LogP contribution < -0.4 is 14.4 Å². The zero-order valence-corrected chi connectivity index (χ0v) is 21.4. The van der Waals surface area contributed by atoms with Gasteiger partial charge in [0.15, 0.2) is 5.78 Å². The Hall–Kier alpha value is -4.45. The number of carbonyl (C=O) groups is 3. The van der Waals surface area contributed by atoms with Gasteiger partial charge >= 0.3 is 0 Å². The fraction of sp³-hybridized carbons (Fsp3) is 0.219. The molecule has 3 aromatic rings. The first-order valence-corrected chi connectivity index (χ1v) is 12.6. The lowest BCUT2D eigenvalue weighted by molar-refractivity contribution is -0.122. The molecule has 1 heterocycles. The number of nitrogens with zero attached hydrogens (tertiary/aromatic N) is 1. The number of fused-ring (bicyclic) bond motifs is 5. The smallest absolute Gasteiger partial charge is 0.238 e. The van der Waals surface area contributed by atoms with Crippen molar-refractivity contribution in [2.75, 3.05) is 19.1 Å². The quantitative estimate of drug-likeness (QED) is 0.257. The third-order valence-corrected chi connectivity index (χ3v) is 7.97. The van der Waals surface area contributed by atoms with Gasteiger partial charge in [-0.25, -0.2) is 4.90 Å². The standard InChI is InChI=1S/C32H27NO5/c1-18(34)21-5-4-6-22(17-21)33-31(35)29-25-15-16-26(30(29)32(33)36)28(25)27(19-7-11-23(37-2)12-8-19)20-9-13-24(38-3)14-10-20/h4-17,25-26,29-30H,1-3H3/t25-,26-,29-,30-/m1/s1. The summed E-state index contributed by atoms with van der Waals surface area (Å²) in [4.78, 5) is 40.8. The van der Waals surface area contributed by atoms with Gasteiger partial charge in [0.1, 0.15) is 11.5 Å². The first-order chi connectivity index (χ1) is 18.4. The highest BCUT2D eigenvalue weighted by molar-refractivity contribution is 6.23. The van der Waals surface area contributed by atoms with Crippen LogP contribution in [-0.2, 0) is 9.59 Å². The molecule has 6 nitrogen and oxygen atoms in total. The number of ketones is 1. The van der Waals surface area contributed by atoms with E-state index in [9.17, 15) is 14.4 Å². The van der Waals surface area contributed by atoms with Crippen LogP contribution in [-0.4, -0.2) is 31.8 Å². The maximum atomic E-state index is 13.8. The minimum absolute atomic E-state index is 0.110. The first-order valence-electron chi connectivity index (χ1n) is 12.6. The van der Waals surface area contributed by atoms with Gasteiger partial charge in [0.2, 0.25) is 11.8 Å². The Bertz CT molecular complexity index is 1430. The van der Waals surface area contributed by atoms with Gasteiger partial charge in [-0.05, 0) is 65.6 Å². The second-order valence-corrected chi connectivity index (χ2v) is 9.89. The number of hydrogen-bond acceptors (Lipinski definition) is 5. The Labute approximate surface area is 221 Å². The molecule has 3 aliphatic rings. The summed E-state index contributed by atoms with van der Waals surface area (Å²) < 4.78 is 10.7. The van der Waals surface area contributed by atoms with Crippen LogP contribution in [0.4, 0.5) is 5.69 Å². The topological polar surface area (TPSA) is 72.9 Å². The van der Waals surface area contributed by atoms with Crippen LogP contribution in [0.3, 0.4) is 0 Å². The minimum atomic E-state index is -0.472. The van der Waals surface area contributed by atoms with E-state index in [2.05, 4.69) is 12.2 Å². The number of Topliss-reactive ketones (excluding diaryl/α,β-unsaturated/α-hetero) is 1. The summed E-state index contributed by atoms with van der Waals surface area (Å²) in [5.74, 6) is -0.347. The third kappa shape index (κ3) is 3.59.